The van der Waals surface area contributed by atoms with E-state index in [9.17, 15) is 4.79 Å². The van der Waals surface area contributed by atoms with Crippen LogP contribution in [0.15, 0.2) is 12.4 Å². The quantitative estimate of drug-likeness (QED) is 0.805. The molecule has 0 aromatic carbocycles. The second-order valence-corrected chi connectivity index (χ2v) is 6.17. The average Bonchev–Trinajstić information content (AvgIpc) is 2.86. The molecule has 2 rings (SSSR count). The van der Waals surface area contributed by atoms with Gasteiger partial charge in [-0.15, -0.1) is 5.10 Å². The van der Waals surface area contributed by atoms with Crippen LogP contribution in [0.3, 0.4) is 0 Å². The predicted molar refractivity (Wildman–Crippen MR) is 68.9 cm³/mol. The number of carbonyl (C=O) groups is 1. The Bertz CT molecular complexity index is 407. The zero-order valence-electron chi connectivity index (χ0n) is 11.6. The molecule has 0 bridgehead atoms. The first-order valence-electron chi connectivity index (χ1n) is 6.57. The summed E-state index contributed by atoms with van der Waals surface area (Å²) in [5.74, 6) is 0.165. The topological polar surface area (TPSA) is 51.0 Å². The third-order valence-electron chi connectivity index (χ3n) is 3.60. The lowest BCUT2D eigenvalue weighted by molar-refractivity contribution is -0.139. The van der Waals surface area contributed by atoms with Crippen molar-refractivity contribution in [3.8, 4) is 0 Å². The van der Waals surface area contributed by atoms with Crippen molar-refractivity contribution in [1.82, 2.24) is 19.9 Å². The molecule has 0 aliphatic carbocycles. The fourth-order valence-corrected chi connectivity index (χ4v) is 2.65. The number of carbonyl (C=O) groups excluding carboxylic acids is 1. The summed E-state index contributed by atoms with van der Waals surface area (Å²) >= 11 is 0. The van der Waals surface area contributed by atoms with E-state index in [1.54, 1.807) is 17.1 Å². The molecule has 18 heavy (non-hydrogen) atoms. The van der Waals surface area contributed by atoms with Gasteiger partial charge in [-0.2, -0.15) is 0 Å². The molecule has 1 aliphatic rings. The highest BCUT2D eigenvalue weighted by atomic mass is 16.2. The van der Waals surface area contributed by atoms with Gasteiger partial charge in [0, 0.05) is 18.8 Å². The Labute approximate surface area is 108 Å². The standard InChI is InChI=1S/C13H22N4O/c1-10-6-5-8-16(10)12(18)11(13(2,3)4)17-9-7-14-15-17/h7,9-11H,5-6,8H2,1-4H3. The van der Waals surface area contributed by atoms with Crippen LogP contribution in [0.1, 0.15) is 46.6 Å². The SMILES string of the molecule is CC1CCCN1C(=O)C(n1ccnn1)C(C)(C)C. The van der Waals surface area contributed by atoms with E-state index in [1.807, 2.05) is 4.90 Å². The highest BCUT2D eigenvalue weighted by Crippen LogP contribution is 2.33. The fourth-order valence-electron chi connectivity index (χ4n) is 2.65. The summed E-state index contributed by atoms with van der Waals surface area (Å²) in [4.78, 5) is 14.7. The molecule has 2 heterocycles. The maximum absolute atomic E-state index is 12.7. The van der Waals surface area contributed by atoms with E-state index in [4.69, 9.17) is 0 Å². The Morgan fingerprint density at radius 2 is 2.17 bits per heavy atom. The Balaban J connectivity index is 2.27. The molecule has 0 saturated carbocycles. The molecule has 2 unspecified atom stereocenters. The van der Waals surface area contributed by atoms with Gasteiger partial charge in [-0.05, 0) is 25.2 Å². The summed E-state index contributed by atoms with van der Waals surface area (Å²) in [7, 11) is 0. The number of rotatable bonds is 2. The van der Waals surface area contributed by atoms with E-state index in [-0.39, 0.29) is 17.4 Å². The second-order valence-electron chi connectivity index (χ2n) is 6.17. The first-order valence-corrected chi connectivity index (χ1v) is 6.57. The summed E-state index contributed by atoms with van der Waals surface area (Å²) in [6.45, 7) is 9.18. The molecule has 5 heteroatoms. The smallest absolute Gasteiger partial charge is 0.248 e. The summed E-state index contributed by atoms with van der Waals surface area (Å²) in [6.07, 6.45) is 5.59. The molecule has 0 spiro atoms. The summed E-state index contributed by atoms with van der Waals surface area (Å²) in [5, 5.41) is 7.85. The van der Waals surface area contributed by atoms with Crippen LogP contribution in [0, 0.1) is 5.41 Å². The molecule has 0 N–H and O–H groups in total. The van der Waals surface area contributed by atoms with Crippen LogP contribution in [-0.2, 0) is 4.79 Å². The number of nitrogens with zero attached hydrogens (tertiary/aromatic N) is 4. The van der Waals surface area contributed by atoms with E-state index in [0.717, 1.165) is 19.4 Å². The van der Waals surface area contributed by atoms with Gasteiger partial charge in [0.1, 0.15) is 6.04 Å². The van der Waals surface area contributed by atoms with E-state index in [2.05, 4.69) is 38.0 Å². The molecule has 1 amide bonds. The van der Waals surface area contributed by atoms with Gasteiger partial charge in [-0.3, -0.25) is 4.79 Å². The lowest BCUT2D eigenvalue weighted by Gasteiger charge is -2.34. The fraction of sp³-hybridized carbons (Fsp3) is 0.769. The lowest BCUT2D eigenvalue weighted by Crippen LogP contribution is -2.44. The summed E-state index contributed by atoms with van der Waals surface area (Å²) in [6, 6.07) is 0.0615. The maximum Gasteiger partial charge on any atom is 0.248 e. The van der Waals surface area contributed by atoms with Crippen LogP contribution in [0.4, 0.5) is 0 Å². The van der Waals surface area contributed by atoms with Crippen molar-refractivity contribution in [3.05, 3.63) is 12.4 Å². The first kappa shape index (κ1) is 13.1. The number of hydrogen-bond donors (Lipinski definition) is 0. The van der Waals surface area contributed by atoms with Gasteiger partial charge in [0.05, 0.1) is 6.20 Å². The van der Waals surface area contributed by atoms with Crippen molar-refractivity contribution >= 4 is 5.91 Å². The van der Waals surface area contributed by atoms with Gasteiger partial charge in [0.25, 0.3) is 0 Å². The van der Waals surface area contributed by atoms with Crippen molar-refractivity contribution in [2.45, 2.75) is 52.6 Å². The summed E-state index contributed by atoms with van der Waals surface area (Å²) < 4.78 is 1.69. The van der Waals surface area contributed by atoms with Crippen LogP contribution >= 0.6 is 0 Å². The second kappa shape index (κ2) is 4.71. The molecule has 0 radical (unpaired) electrons. The first-order chi connectivity index (χ1) is 8.41. The highest BCUT2D eigenvalue weighted by molar-refractivity contribution is 5.81. The Morgan fingerprint density at radius 1 is 1.44 bits per heavy atom. The number of amides is 1. The molecular weight excluding hydrogens is 228 g/mol. The molecule has 1 fully saturated rings. The van der Waals surface area contributed by atoms with Gasteiger partial charge in [-0.25, -0.2) is 4.68 Å². The Morgan fingerprint density at radius 3 is 2.61 bits per heavy atom. The molecule has 2 atom stereocenters. The minimum atomic E-state index is -0.277. The number of aromatic nitrogens is 3. The highest BCUT2D eigenvalue weighted by Gasteiger charge is 2.39. The number of likely N-dealkylation sites (tertiary alicyclic amines) is 1. The molecule has 1 aromatic heterocycles. The van der Waals surface area contributed by atoms with E-state index < -0.39 is 0 Å². The van der Waals surface area contributed by atoms with Gasteiger partial charge in [-0.1, -0.05) is 26.0 Å². The average molecular weight is 250 g/mol. The van der Waals surface area contributed by atoms with Crippen LogP contribution in [-0.4, -0.2) is 38.4 Å². The normalized spacial score (nSPS) is 22.2. The summed E-state index contributed by atoms with van der Waals surface area (Å²) in [5.41, 5.74) is -0.174. The van der Waals surface area contributed by atoms with Crippen molar-refractivity contribution in [3.63, 3.8) is 0 Å². The maximum atomic E-state index is 12.7. The minimum absolute atomic E-state index is 0.165. The van der Waals surface area contributed by atoms with Crippen LogP contribution in [0.25, 0.3) is 0 Å². The van der Waals surface area contributed by atoms with Crippen LogP contribution in [0.2, 0.25) is 0 Å². The molecule has 5 nitrogen and oxygen atoms in total. The molecule has 1 aromatic rings. The number of hydrogen-bond acceptors (Lipinski definition) is 3. The van der Waals surface area contributed by atoms with Gasteiger partial charge < -0.3 is 4.90 Å². The van der Waals surface area contributed by atoms with Crippen molar-refractivity contribution in [2.75, 3.05) is 6.54 Å². The molecule has 1 saturated heterocycles. The molecular formula is C13H22N4O. The monoisotopic (exact) mass is 250 g/mol. The van der Waals surface area contributed by atoms with Gasteiger partial charge in [0.15, 0.2) is 0 Å². The van der Waals surface area contributed by atoms with E-state index in [0.29, 0.717) is 6.04 Å². The van der Waals surface area contributed by atoms with Crippen molar-refractivity contribution in [1.29, 1.82) is 0 Å². The van der Waals surface area contributed by atoms with Crippen molar-refractivity contribution in [2.24, 2.45) is 5.41 Å². The molecule has 1 aliphatic heterocycles. The van der Waals surface area contributed by atoms with Gasteiger partial charge in [0.2, 0.25) is 5.91 Å². The largest absolute Gasteiger partial charge is 0.338 e. The van der Waals surface area contributed by atoms with Crippen LogP contribution < -0.4 is 0 Å². The zero-order chi connectivity index (χ0) is 13.3. The zero-order valence-corrected chi connectivity index (χ0v) is 11.6. The predicted octanol–water partition coefficient (Wildman–Crippen LogP) is 1.88. The third-order valence-corrected chi connectivity index (χ3v) is 3.60. The Hall–Kier alpha value is -1.39. The van der Waals surface area contributed by atoms with E-state index in [1.165, 1.54) is 0 Å². The third kappa shape index (κ3) is 2.40. The van der Waals surface area contributed by atoms with Gasteiger partial charge >= 0.3 is 0 Å². The van der Waals surface area contributed by atoms with E-state index >= 15 is 0 Å². The Kier molecular flexibility index (Phi) is 3.41. The van der Waals surface area contributed by atoms with Crippen molar-refractivity contribution < 1.29 is 4.79 Å². The minimum Gasteiger partial charge on any atom is -0.338 e. The lowest BCUT2D eigenvalue weighted by atomic mass is 9.85. The van der Waals surface area contributed by atoms with Crippen LogP contribution in [0.5, 0.6) is 0 Å². The molecule has 100 valence electrons.